The Kier molecular flexibility index (Phi) is 2.55. The Labute approximate surface area is 75.2 Å². The van der Waals surface area contributed by atoms with Crippen molar-refractivity contribution in [2.75, 3.05) is 0 Å². The molecule has 0 amide bonds. The van der Waals surface area contributed by atoms with Crippen LogP contribution in [0, 0.1) is 13.8 Å². The molecule has 0 aliphatic heterocycles. The third kappa shape index (κ3) is 1.74. The highest BCUT2D eigenvalue weighted by atomic mass is 79.9. The van der Waals surface area contributed by atoms with E-state index >= 15 is 0 Å². The van der Waals surface area contributed by atoms with Crippen LogP contribution in [0.3, 0.4) is 0 Å². The molecule has 1 nitrogen and oxygen atoms in total. The SMILES string of the molecule is Cc1cc(C)c(O)c(CBr)c1. The third-order valence-electron chi connectivity index (χ3n) is 1.67. The maximum atomic E-state index is 9.49. The number of aryl methyl sites for hydroxylation is 2. The van der Waals surface area contributed by atoms with Crippen LogP contribution in [-0.4, -0.2) is 5.11 Å². The molecular weight excluding hydrogens is 204 g/mol. The van der Waals surface area contributed by atoms with Crippen molar-refractivity contribution in [1.82, 2.24) is 0 Å². The highest BCUT2D eigenvalue weighted by Gasteiger charge is 2.02. The zero-order valence-electron chi connectivity index (χ0n) is 6.69. The molecule has 1 N–H and O–H groups in total. The molecular formula is C9H11BrO. The summed E-state index contributed by atoms with van der Waals surface area (Å²) in [7, 11) is 0. The number of alkyl halides is 1. The van der Waals surface area contributed by atoms with Gasteiger partial charge in [0.25, 0.3) is 0 Å². The van der Waals surface area contributed by atoms with Crippen molar-refractivity contribution in [2.24, 2.45) is 0 Å². The second-order valence-electron chi connectivity index (χ2n) is 2.72. The van der Waals surface area contributed by atoms with E-state index in [4.69, 9.17) is 0 Å². The summed E-state index contributed by atoms with van der Waals surface area (Å²) in [6.07, 6.45) is 0. The van der Waals surface area contributed by atoms with Crippen molar-refractivity contribution in [1.29, 1.82) is 0 Å². The van der Waals surface area contributed by atoms with E-state index in [0.717, 1.165) is 11.1 Å². The maximum Gasteiger partial charge on any atom is 0.122 e. The van der Waals surface area contributed by atoms with Gasteiger partial charge in [0.1, 0.15) is 5.75 Å². The Balaban J connectivity index is 3.24. The number of rotatable bonds is 1. The van der Waals surface area contributed by atoms with Gasteiger partial charge in [-0.05, 0) is 19.4 Å². The number of phenolic OH excluding ortho intramolecular Hbond substituents is 1. The molecule has 0 fully saturated rings. The molecule has 0 aliphatic rings. The van der Waals surface area contributed by atoms with Gasteiger partial charge in [-0.1, -0.05) is 33.6 Å². The molecule has 0 heterocycles. The van der Waals surface area contributed by atoms with Crippen LogP contribution in [0.5, 0.6) is 5.75 Å². The van der Waals surface area contributed by atoms with Crippen molar-refractivity contribution in [2.45, 2.75) is 19.2 Å². The lowest BCUT2D eigenvalue weighted by atomic mass is 10.1. The molecule has 0 bridgehead atoms. The maximum absolute atomic E-state index is 9.49. The summed E-state index contributed by atoms with van der Waals surface area (Å²) in [6, 6.07) is 3.96. The van der Waals surface area contributed by atoms with Crippen LogP contribution in [-0.2, 0) is 5.33 Å². The van der Waals surface area contributed by atoms with Crippen LogP contribution < -0.4 is 0 Å². The highest BCUT2D eigenvalue weighted by molar-refractivity contribution is 9.08. The quantitative estimate of drug-likeness (QED) is 0.714. The first kappa shape index (κ1) is 8.60. The number of hydrogen-bond acceptors (Lipinski definition) is 1. The normalized spacial score (nSPS) is 10.1. The first-order chi connectivity index (χ1) is 5.15. The van der Waals surface area contributed by atoms with Crippen molar-refractivity contribution >= 4 is 15.9 Å². The lowest BCUT2D eigenvalue weighted by Crippen LogP contribution is -1.85. The van der Waals surface area contributed by atoms with Crippen LogP contribution in [0.2, 0.25) is 0 Å². The monoisotopic (exact) mass is 214 g/mol. The van der Waals surface area contributed by atoms with Gasteiger partial charge in [0.2, 0.25) is 0 Å². The summed E-state index contributed by atoms with van der Waals surface area (Å²) >= 11 is 3.32. The van der Waals surface area contributed by atoms with Crippen LogP contribution in [0.15, 0.2) is 12.1 Å². The Morgan fingerprint density at radius 1 is 1.36 bits per heavy atom. The van der Waals surface area contributed by atoms with Gasteiger partial charge in [-0.2, -0.15) is 0 Å². The summed E-state index contributed by atoms with van der Waals surface area (Å²) in [4.78, 5) is 0. The van der Waals surface area contributed by atoms with Crippen molar-refractivity contribution in [3.63, 3.8) is 0 Å². The van der Waals surface area contributed by atoms with Gasteiger partial charge in [-0.25, -0.2) is 0 Å². The first-order valence-corrected chi connectivity index (χ1v) is 4.62. The summed E-state index contributed by atoms with van der Waals surface area (Å²) in [5.41, 5.74) is 3.09. The van der Waals surface area contributed by atoms with Gasteiger partial charge >= 0.3 is 0 Å². The van der Waals surface area contributed by atoms with E-state index in [2.05, 4.69) is 15.9 Å². The molecule has 2 heteroatoms. The predicted octanol–water partition coefficient (Wildman–Crippen LogP) is 2.90. The molecule has 0 saturated heterocycles. The van der Waals surface area contributed by atoms with Gasteiger partial charge in [0, 0.05) is 10.9 Å². The molecule has 1 aromatic carbocycles. The fraction of sp³-hybridized carbons (Fsp3) is 0.333. The van der Waals surface area contributed by atoms with Crippen molar-refractivity contribution in [3.8, 4) is 5.75 Å². The molecule has 1 rings (SSSR count). The molecule has 0 radical (unpaired) electrons. The van der Waals surface area contributed by atoms with Gasteiger partial charge in [0.15, 0.2) is 0 Å². The molecule has 0 spiro atoms. The fourth-order valence-corrected chi connectivity index (χ4v) is 1.58. The average Bonchev–Trinajstić information content (AvgIpc) is 1.96. The number of halogens is 1. The van der Waals surface area contributed by atoms with Crippen LogP contribution >= 0.6 is 15.9 Å². The molecule has 0 saturated carbocycles. The van der Waals surface area contributed by atoms with Crippen LogP contribution in [0.4, 0.5) is 0 Å². The molecule has 11 heavy (non-hydrogen) atoms. The number of benzene rings is 1. The molecule has 0 atom stereocenters. The van der Waals surface area contributed by atoms with E-state index < -0.39 is 0 Å². The Hall–Kier alpha value is -0.500. The minimum atomic E-state index is 0.410. The van der Waals surface area contributed by atoms with Crippen molar-refractivity contribution < 1.29 is 5.11 Å². The number of phenols is 1. The van der Waals surface area contributed by atoms with E-state index in [1.165, 1.54) is 5.56 Å². The zero-order chi connectivity index (χ0) is 8.43. The smallest absolute Gasteiger partial charge is 0.122 e. The zero-order valence-corrected chi connectivity index (χ0v) is 8.27. The van der Waals surface area contributed by atoms with E-state index in [9.17, 15) is 5.11 Å². The minimum Gasteiger partial charge on any atom is -0.507 e. The standard InChI is InChI=1S/C9H11BrO/c1-6-3-7(2)9(11)8(4-6)5-10/h3-4,11H,5H2,1-2H3. The second kappa shape index (κ2) is 3.26. The summed E-state index contributed by atoms with van der Waals surface area (Å²) in [6.45, 7) is 3.94. The Morgan fingerprint density at radius 3 is 2.55 bits per heavy atom. The largest absolute Gasteiger partial charge is 0.507 e. The third-order valence-corrected chi connectivity index (χ3v) is 2.27. The summed E-state index contributed by atoms with van der Waals surface area (Å²) in [5.74, 6) is 0.410. The van der Waals surface area contributed by atoms with E-state index in [1.54, 1.807) is 0 Å². The predicted molar refractivity (Wildman–Crippen MR) is 50.2 cm³/mol. The van der Waals surface area contributed by atoms with Gasteiger partial charge < -0.3 is 5.11 Å². The Bertz CT molecular complexity index is 269. The highest BCUT2D eigenvalue weighted by Crippen LogP contribution is 2.25. The number of hydrogen-bond donors (Lipinski definition) is 1. The molecule has 1 aromatic rings. The topological polar surface area (TPSA) is 20.2 Å². The molecule has 60 valence electrons. The van der Waals surface area contributed by atoms with Gasteiger partial charge in [-0.3, -0.25) is 0 Å². The van der Waals surface area contributed by atoms with Crippen LogP contribution in [0.25, 0.3) is 0 Å². The van der Waals surface area contributed by atoms with Crippen molar-refractivity contribution in [3.05, 3.63) is 28.8 Å². The molecule has 0 aromatic heterocycles. The van der Waals surface area contributed by atoms with Crippen LogP contribution in [0.1, 0.15) is 16.7 Å². The fourth-order valence-electron chi connectivity index (χ4n) is 1.15. The lowest BCUT2D eigenvalue weighted by molar-refractivity contribution is 0.466. The van der Waals surface area contributed by atoms with Gasteiger partial charge in [0.05, 0.1) is 0 Å². The van der Waals surface area contributed by atoms with E-state index in [1.807, 2.05) is 26.0 Å². The minimum absolute atomic E-state index is 0.410. The van der Waals surface area contributed by atoms with E-state index in [-0.39, 0.29) is 0 Å². The first-order valence-electron chi connectivity index (χ1n) is 3.50. The molecule has 0 unspecified atom stereocenters. The van der Waals surface area contributed by atoms with E-state index in [0.29, 0.717) is 11.1 Å². The lowest BCUT2D eigenvalue weighted by Gasteiger charge is -2.05. The van der Waals surface area contributed by atoms with Gasteiger partial charge in [-0.15, -0.1) is 0 Å². The average molecular weight is 215 g/mol. The second-order valence-corrected chi connectivity index (χ2v) is 3.28. The summed E-state index contributed by atoms with van der Waals surface area (Å²) < 4.78 is 0. The summed E-state index contributed by atoms with van der Waals surface area (Å²) in [5, 5.41) is 10.2. The number of aromatic hydroxyl groups is 1. The Morgan fingerprint density at radius 2 is 2.00 bits per heavy atom. The molecule has 0 aliphatic carbocycles.